The van der Waals surface area contributed by atoms with Crippen LogP contribution in [0.3, 0.4) is 0 Å². The monoisotopic (exact) mass is 822 g/mol. The van der Waals surface area contributed by atoms with E-state index in [4.69, 9.17) is 0 Å². The summed E-state index contributed by atoms with van der Waals surface area (Å²) in [6.07, 6.45) is 54.3. The van der Waals surface area contributed by atoms with E-state index >= 15 is 0 Å². The molecule has 5 N–H and O–H groups in total. The molecule has 346 valence electrons. The Kier molecular flexibility index (Phi) is 46.3. The smallest absolute Gasteiger partial charge is 0.249 e. The first-order valence-corrected chi connectivity index (χ1v) is 26.1. The summed E-state index contributed by atoms with van der Waals surface area (Å²) in [5.74, 6) is -0.589. The fraction of sp³-hybridized carbons (Fsp3) is 0.942. The maximum atomic E-state index is 12.5. The second-order valence-electron chi connectivity index (χ2n) is 18.2. The second-order valence-corrected chi connectivity index (χ2v) is 18.2. The lowest BCUT2D eigenvalue weighted by Crippen LogP contribution is -2.53. The molecule has 0 aromatic rings. The quantitative estimate of drug-likeness (QED) is 0.0310. The Bertz CT molecular complexity index is 837. The largest absolute Gasteiger partial charge is 0.394 e. The molecule has 0 heterocycles. The van der Waals surface area contributed by atoms with Crippen LogP contribution in [-0.2, 0) is 4.79 Å². The van der Waals surface area contributed by atoms with Crippen molar-refractivity contribution in [3.8, 4) is 0 Å². The number of aliphatic hydroxyl groups is 4. The molecule has 4 unspecified atom stereocenters. The zero-order valence-corrected chi connectivity index (χ0v) is 39.1. The number of hydrogen-bond donors (Lipinski definition) is 5. The van der Waals surface area contributed by atoms with E-state index in [-0.39, 0.29) is 0 Å². The van der Waals surface area contributed by atoms with Crippen molar-refractivity contribution < 1.29 is 25.2 Å². The molecule has 6 nitrogen and oxygen atoms in total. The Morgan fingerprint density at radius 2 is 0.707 bits per heavy atom. The van der Waals surface area contributed by atoms with E-state index < -0.39 is 36.9 Å². The first-order valence-electron chi connectivity index (χ1n) is 26.1. The van der Waals surface area contributed by atoms with E-state index in [2.05, 4.69) is 31.3 Å². The van der Waals surface area contributed by atoms with Crippen molar-refractivity contribution in [2.45, 2.75) is 308 Å². The van der Waals surface area contributed by atoms with Crippen LogP contribution in [0.4, 0.5) is 0 Å². The summed E-state index contributed by atoms with van der Waals surface area (Å²) in [4.78, 5) is 12.5. The molecule has 0 saturated carbocycles. The SMILES string of the molecule is CCCCCCCCCC/C=C/CCCC(O)C(O)C(CO)NC(=O)C(O)CCCCCCCCCCCCCCCCCCCCCCCCCCCCCCC. The van der Waals surface area contributed by atoms with Crippen LogP contribution in [0.15, 0.2) is 12.2 Å². The minimum atomic E-state index is -1.28. The van der Waals surface area contributed by atoms with Crippen LogP contribution in [0.5, 0.6) is 0 Å². The van der Waals surface area contributed by atoms with Crippen LogP contribution in [0.1, 0.15) is 284 Å². The summed E-state index contributed by atoms with van der Waals surface area (Å²) in [5.41, 5.74) is 0. The molecule has 0 bridgehead atoms. The standard InChI is InChI=1S/C52H103NO5/c1-3-5-7-9-11-13-15-17-18-19-20-21-22-23-24-25-26-27-28-29-30-31-32-34-36-38-40-42-44-46-50(56)52(58)53-48(47-54)51(57)49(55)45-43-41-39-37-35-33-16-14-12-10-8-6-4-2/h37,39,48-51,54-57H,3-36,38,40-47H2,1-2H3,(H,53,58)/b39-37+. The van der Waals surface area contributed by atoms with Crippen molar-refractivity contribution in [2.24, 2.45) is 0 Å². The summed E-state index contributed by atoms with van der Waals surface area (Å²) in [6, 6.07) is -0.997. The van der Waals surface area contributed by atoms with Crippen LogP contribution in [-0.4, -0.2) is 57.3 Å². The van der Waals surface area contributed by atoms with Gasteiger partial charge in [0.25, 0.3) is 0 Å². The maximum Gasteiger partial charge on any atom is 0.249 e. The van der Waals surface area contributed by atoms with Crippen molar-refractivity contribution in [1.82, 2.24) is 5.32 Å². The number of hydrogen-bond acceptors (Lipinski definition) is 5. The lowest BCUT2D eigenvalue weighted by molar-refractivity contribution is -0.132. The predicted molar refractivity (Wildman–Crippen MR) is 251 cm³/mol. The minimum absolute atomic E-state index is 0.368. The van der Waals surface area contributed by atoms with E-state index in [1.54, 1.807) is 0 Å². The van der Waals surface area contributed by atoms with Crippen molar-refractivity contribution >= 4 is 5.91 Å². The van der Waals surface area contributed by atoms with Gasteiger partial charge in [-0.2, -0.15) is 0 Å². The molecule has 0 aliphatic carbocycles. The van der Waals surface area contributed by atoms with E-state index in [0.29, 0.717) is 12.8 Å². The Labute approximate surface area is 362 Å². The second kappa shape index (κ2) is 47.1. The third-order valence-corrected chi connectivity index (χ3v) is 12.5. The summed E-state index contributed by atoms with van der Waals surface area (Å²) in [6.45, 7) is 4.05. The lowest BCUT2D eigenvalue weighted by atomic mass is 10.00. The highest BCUT2D eigenvalue weighted by molar-refractivity contribution is 5.80. The third kappa shape index (κ3) is 40.5. The van der Waals surface area contributed by atoms with Gasteiger partial charge in [0.2, 0.25) is 5.91 Å². The molecule has 0 aliphatic rings. The Balaban J connectivity index is 3.57. The summed E-state index contributed by atoms with van der Waals surface area (Å²) >= 11 is 0. The summed E-state index contributed by atoms with van der Waals surface area (Å²) < 4.78 is 0. The normalized spacial score (nSPS) is 14.0. The molecule has 0 radical (unpaired) electrons. The number of amides is 1. The number of allylic oxidation sites excluding steroid dienone is 2. The molecule has 0 saturated heterocycles. The molecule has 4 atom stereocenters. The molecule has 0 rings (SSSR count). The Morgan fingerprint density at radius 1 is 0.414 bits per heavy atom. The highest BCUT2D eigenvalue weighted by Crippen LogP contribution is 2.18. The molecule has 0 aliphatic heterocycles. The predicted octanol–water partition coefficient (Wildman–Crippen LogP) is 14.5. The zero-order chi connectivity index (χ0) is 42.4. The number of rotatable bonds is 48. The molecular formula is C52H103NO5. The molecule has 0 aromatic carbocycles. The van der Waals surface area contributed by atoms with Gasteiger partial charge in [0, 0.05) is 0 Å². The topological polar surface area (TPSA) is 110 Å². The number of aliphatic hydroxyl groups excluding tert-OH is 4. The van der Waals surface area contributed by atoms with Crippen molar-refractivity contribution in [3.63, 3.8) is 0 Å². The van der Waals surface area contributed by atoms with E-state index in [1.165, 1.54) is 218 Å². The van der Waals surface area contributed by atoms with Crippen LogP contribution < -0.4 is 5.32 Å². The zero-order valence-electron chi connectivity index (χ0n) is 39.1. The molecule has 0 aromatic heterocycles. The van der Waals surface area contributed by atoms with Gasteiger partial charge in [-0.3, -0.25) is 4.79 Å². The van der Waals surface area contributed by atoms with Gasteiger partial charge in [-0.25, -0.2) is 0 Å². The van der Waals surface area contributed by atoms with Gasteiger partial charge in [-0.05, 0) is 38.5 Å². The fourth-order valence-corrected chi connectivity index (χ4v) is 8.35. The number of nitrogens with one attached hydrogen (secondary N) is 1. The Morgan fingerprint density at radius 3 is 1.03 bits per heavy atom. The van der Waals surface area contributed by atoms with E-state index in [9.17, 15) is 25.2 Å². The summed E-state index contributed by atoms with van der Waals surface area (Å²) in [5, 5.41) is 43.7. The highest BCUT2D eigenvalue weighted by Gasteiger charge is 2.28. The number of carbonyl (C=O) groups is 1. The van der Waals surface area contributed by atoms with Gasteiger partial charge in [-0.15, -0.1) is 0 Å². The van der Waals surface area contributed by atoms with Gasteiger partial charge >= 0.3 is 0 Å². The number of carbonyl (C=O) groups excluding carboxylic acids is 1. The van der Waals surface area contributed by atoms with Gasteiger partial charge in [-0.1, -0.05) is 257 Å². The lowest BCUT2D eigenvalue weighted by Gasteiger charge is -2.27. The first kappa shape index (κ1) is 57.1. The van der Waals surface area contributed by atoms with Gasteiger partial charge < -0.3 is 25.7 Å². The van der Waals surface area contributed by atoms with Crippen molar-refractivity contribution in [3.05, 3.63) is 12.2 Å². The van der Waals surface area contributed by atoms with Gasteiger partial charge in [0.1, 0.15) is 12.2 Å². The van der Waals surface area contributed by atoms with Crippen LogP contribution >= 0.6 is 0 Å². The van der Waals surface area contributed by atoms with Gasteiger partial charge in [0.15, 0.2) is 0 Å². The van der Waals surface area contributed by atoms with E-state index in [0.717, 1.165) is 38.5 Å². The first-order chi connectivity index (χ1) is 28.5. The van der Waals surface area contributed by atoms with Crippen LogP contribution in [0.2, 0.25) is 0 Å². The molecule has 6 heteroatoms. The average molecular weight is 822 g/mol. The number of unbranched alkanes of at least 4 members (excludes halogenated alkanes) is 37. The average Bonchev–Trinajstić information content (AvgIpc) is 3.23. The maximum absolute atomic E-state index is 12.5. The van der Waals surface area contributed by atoms with Crippen LogP contribution in [0.25, 0.3) is 0 Å². The van der Waals surface area contributed by atoms with Crippen molar-refractivity contribution in [2.75, 3.05) is 6.61 Å². The molecule has 0 spiro atoms. The van der Waals surface area contributed by atoms with Crippen molar-refractivity contribution in [1.29, 1.82) is 0 Å². The minimum Gasteiger partial charge on any atom is -0.394 e. The third-order valence-electron chi connectivity index (χ3n) is 12.5. The fourth-order valence-electron chi connectivity index (χ4n) is 8.35. The molecule has 58 heavy (non-hydrogen) atoms. The summed E-state index contributed by atoms with van der Waals surface area (Å²) in [7, 11) is 0. The van der Waals surface area contributed by atoms with Gasteiger partial charge in [0.05, 0.1) is 18.8 Å². The van der Waals surface area contributed by atoms with Crippen LogP contribution in [0, 0.1) is 0 Å². The highest BCUT2D eigenvalue weighted by atomic mass is 16.3. The molecule has 0 fully saturated rings. The molecular weight excluding hydrogens is 719 g/mol. The molecule has 1 amide bonds. The van der Waals surface area contributed by atoms with E-state index in [1.807, 2.05) is 0 Å². The Hall–Kier alpha value is -0.950.